The van der Waals surface area contributed by atoms with Crippen LogP contribution in [0.15, 0.2) is 41.7 Å². The Bertz CT molecular complexity index is 1010. The van der Waals surface area contributed by atoms with Crippen LogP contribution in [-0.4, -0.2) is 44.3 Å². The van der Waals surface area contributed by atoms with Crippen LogP contribution in [0.5, 0.6) is 5.75 Å². The number of nitrogens with zero attached hydrogens (tertiary/aromatic N) is 2. The minimum absolute atomic E-state index is 0. The number of rotatable bonds is 7. The van der Waals surface area contributed by atoms with Gasteiger partial charge in [0, 0.05) is 18.2 Å². The minimum atomic E-state index is -1.32. The van der Waals surface area contributed by atoms with E-state index in [4.69, 9.17) is 14.2 Å². The number of nitrogens with one attached hydrogen (secondary N) is 1. The topological polar surface area (TPSA) is 86.3 Å². The second-order valence-electron chi connectivity index (χ2n) is 7.52. The zero-order valence-corrected chi connectivity index (χ0v) is 20.6. The fraction of sp³-hybridized carbons (Fsp3) is 0.429. The van der Waals surface area contributed by atoms with Crippen molar-refractivity contribution in [3.05, 3.63) is 47.8 Å². The summed E-state index contributed by atoms with van der Waals surface area (Å²) in [6, 6.07) is 9.47. The Morgan fingerprint density at radius 3 is 2.87 bits per heavy atom. The second-order valence-corrected chi connectivity index (χ2v) is 8.88. The van der Waals surface area contributed by atoms with Crippen molar-refractivity contribution in [1.82, 2.24) is 15.0 Å². The molecule has 1 N–H and O–H groups in total. The Morgan fingerprint density at radius 1 is 1.33 bits per heavy atom. The van der Waals surface area contributed by atoms with Gasteiger partial charge in [-0.1, -0.05) is 12.1 Å². The zero-order chi connectivity index (χ0) is 20.4. The first kappa shape index (κ1) is 23.4. The maximum Gasteiger partial charge on any atom is 1.00 e. The molecule has 0 radical (unpaired) electrons. The van der Waals surface area contributed by atoms with Crippen molar-refractivity contribution in [2.24, 2.45) is 0 Å². The molecule has 1 unspecified atom stereocenters. The molecule has 0 spiro atoms. The standard InChI is InChI=1S/C21H25N3O4S.Na.H/c1-14-18(13-29(25)20-23-16-6-4-5-7-17(16)24-20)22-10-8-19(14)26-11-9-15-12-27-21(2,3)28-15;;/h4-8,10,15H,9,11-13H2,1-3H3,(H,23,24);;/q;+1;-1/t15-,29?;;/m0../s1. The van der Waals surface area contributed by atoms with Crippen molar-refractivity contribution in [1.29, 1.82) is 0 Å². The van der Waals surface area contributed by atoms with Gasteiger partial charge in [0.15, 0.2) is 10.9 Å². The molecular formula is C21H26N3NaO4S. The summed E-state index contributed by atoms with van der Waals surface area (Å²) in [6.07, 6.45) is 2.46. The Labute approximate surface area is 202 Å². The summed E-state index contributed by atoms with van der Waals surface area (Å²) in [5, 5.41) is 0.458. The molecule has 156 valence electrons. The molecule has 1 saturated heterocycles. The number of fused-ring (bicyclic) bond motifs is 1. The molecule has 0 saturated carbocycles. The number of ether oxygens (including phenoxy) is 3. The molecule has 1 aliphatic rings. The molecule has 2 aromatic heterocycles. The third kappa shape index (κ3) is 5.49. The third-order valence-electron chi connectivity index (χ3n) is 4.87. The van der Waals surface area contributed by atoms with Crippen LogP contribution in [-0.2, 0) is 26.0 Å². The monoisotopic (exact) mass is 439 g/mol. The first-order valence-electron chi connectivity index (χ1n) is 9.63. The average molecular weight is 440 g/mol. The summed E-state index contributed by atoms with van der Waals surface area (Å²) in [5.74, 6) is 0.497. The molecular weight excluding hydrogens is 413 g/mol. The molecule has 4 rings (SSSR count). The van der Waals surface area contributed by atoms with Gasteiger partial charge in [-0.25, -0.2) is 4.98 Å². The number of hydrogen-bond donors (Lipinski definition) is 1. The van der Waals surface area contributed by atoms with E-state index in [1.165, 1.54) is 0 Å². The van der Waals surface area contributed by atoms with Gasteiger partial charge < -0.3 is 20.6 Å². The number of benzene rings is 1. The van der Waals surface area contributed by atoms with Gasteiger partial charge in [0.1, 0.15) is 5.75 Å². The number of para-hydroxylation sites is 2. The van der Waals surface area contributed by atoms with Crippen LogP contribution in [0.25, 0.3) is 11.0 Å². The second kappa shape index (κ2) is 9.89. The van der Waals surface area contributed by atoms with Crippen molar-refractivity contribution in [3.8, 4) is 5.75 Å². The predicted molar refractivity (Wildman–Crippen MR) is 111 cm³/mol. The summed E-state index contributed by atoms with van der Waals surface area (Å²) in [5.41, 5.74) is 3.31. The Balaban J connectivity index is 0.00000171. The smallest absolute Gasteiger partial charge is 1.00 e. The number of aromatic nitrogens is 3. The quantitative estimate of drug-likeness (QED) is 0.543. The molecule has 3 aromatic rings. The Morgan fingerprint density at radius 2 is 2.13 bits per heavy atom. The molecule has 1 aliphatic heterocycles. The molecule has 30 heavy (non-hydrogen) atoms. The van der Waals surface area contributed by atoms with Gasteiger partial charge in [-0.15, -0.1) is 0 Å². The molecule has 2 atom stereocenters. The first-order chi connectivity index (χ1) is 13.9. The van der Waals surface area contributed by atoms with Gasteiger partial charge in [0.25, 0.3) is 0 Å². The minimum Gasteiger partial charge on any atom is -1.00 e. The van der Waals surface area contributed by atoms with Crippen molar-refractivity contribution >= 4 is 21.8 Å². The number of pyridine rings is 1. The van der Waals surface area contributed by atoms with Crippen LogP contribution < -0.4 is 34.3 Å². The van der Waals surface area contributed by atoms with Crippen molar-refractivity contribution in [2.75, 3.05) is 13.2 Å². The maximum atomic E-state index is 12.8. The van der Waals surface area contributed by atoms with E-state index in [-0.39, 0.29) is 42.8 Å². The van der Waals surface area contributed by atoms with Gasteiger partial charge in [-0.05, 0) is 39.0 Å². The van der Waals surface area contributed by atoms with Gasteiger partial charge in [0.2, 0.25) is 0 Å². The molecule has 0 aliphatic carbocycles. The number of H-pyrrole nitrogens is 1. The van der Waals surface area contributed by atoms with Crippen molar-refractivity contribution in [3.63, 3.8) is 0 Å². The molecule has 1 aromatic carbocycles. The Hall–Kier alpha value is -1.29. The fourth-order valence-corrected chi connectivity index (χ4v) is 4.40. The SMILES string of the molecule is Cc1c(OCC[C@H]2COC(C)(C)O2)ccnc1CS(=O)c1nc2ccccc2[nH]1.[H-].[Na+]. The summed E-state index contributed by atoms with van der Waals surface area (Å²) in [7, 11) is -1.32. The van der Waals surface area contributed by atoms with E-state index in [0.29, 0.717) is 18.4 Å². The summed E-state index contributed by atoms with van der Waals surface area (Å²) < 4.78 is 30.1. The normalized spacial score (nSPS) is 18.8. The van der Waals surface area contributed by atoms with E-state index < -0.39 is 16.6 Å². The molecule has 0 bridgehead atoms. The maximum absolute atomic E-state index is 12.8. The van der Waals surface area contributed by atoms with Crippen LogP contribution in [0.1, 0.15) is 33.0 Å². The largest absolute Gasteiger partial charge is 1.00 e. The molecule has 7 nitrogen and oxygen atoms in total. The van der Waals surface area contributed by atoms with Crippen molar-refractivity contribution < 1.29 is 49.4 Å². The third-order valence-corrected chi connectivity index (χ3v) is 6.03. The molecule has 9 heteroatoms. The predicted octanol–water partition coefficient (Wildman–Crippen LogP) is 0.611. The van der Waals surface area contributed by atoms with Gasteiger partial charge in [0.05, 0.1) is 52.6 Å². The zero-order valence-electron chi connectivity index (χ0n) is 18.8. The van der Waals surface area contributed by atoms with Gasteiger partial charge >= 0.3 is 29.6 Å². The fourth-order valence-electron chi connectivity index (χ4n) is 3.30. The Kier molecular flexibility index (Phi) is 7.71. The summed E-state index contributed by atoms with van der Waals surface area (Å²) in [4.78, 5) is 12.0. The van der Waals surface area contributed by atoms with E-state index >= 15 is 0 Å². The van der Waals surface area contributed by atoms with E-state index in [1.807, 2.05) is 51.1 Å². The first-order valence-corrected chi connectivity index (χ1v) is 11.0. The number of aromatic amines is 1. The molecule has 1 fully saturated rings. The van der Waals surface area contributed by atoms with Crippen molar-refractivity contribution in [2.45, 2.75) is 50.0 Å². The van der Waals surface area contributed by atoms with Crippen LogP contribution >= 0.6 is 0 Å². The summed E-state index contributed by atoms with van der Waals surface area (Å²) in [6.45, 7) is 6.85. The average Bonchev–Trinajstić information content (AvgIpc) is 3.27. The number of hydrogen-bond acceptors (Lipinski definition) is 6. The van der Waals surface area contributed by atoms with E-state index in [0.717, 1.165) is 34.5 Å². The van der Waals surface area contributed by atoms with Crippen LogP contribution in [0.3, 0.4) is 0 Å². The van der Waals surface area contributed by atoms with Crippen LogP contribution in [0.2, 0.25) is 0 Å². The van der Waals surface area contributed by atoms with Gasteiger partial charge in [-0.2, -0.15) is 0 Å². The van der Waals surface area contributed by atoms with E-state index in [9.17, 15) is 4.21 Å². The number of imidazole rings is 1. The van der Waals surface area contributed by atoms with Crippen LogP contribution in [0, 0.1) is 6.92 Å². The van der Waals surface area contributed by atoms with Gasteiger partial charge in [-0.3, -0.25) is 9.19 Å². The summed E-state index contributed by atoms with van der Waals surface area (Å²) >= 11 is 0. The van der Waals surface area contributed by atoms with Crippen LogP contribution in [0.4, 0.5) is 0 Å². The molecule has 0 amide bonds. The van der Waals surface area contributed by atoms with E-state index in [1.54, 1.807) is 6.20 Å². The molecule has 3 heterocycles. The van der Waals surface area contributed by atoms with E-state index in [2.05, 4.69) is 15.0 Å².